The number of likely N-dealkylation sites (tertiary alicyclic amines) is 1. The highest BCUT2D eigenvalue weighted by Crippen LogP contribution is 2.20. The Bertz CT molecular complexity index is 914. The number of hydrogen-bond donors (Lipinski definition) is 0. The molecule has 8 heteroatoms. The Morgan fingerprint density at radius 3 is 3.08 bits per heavy atom. The molecular formula is C16H17N5O2S. The molecule has 0 saturated carbocycles. The fourth-order valence-corrected chi connectivity index (χ4v) is 3.88. The molecule has 24 heavy (non-hydrogen) atoms. The SMILES string of the molecule is O=C(c1cnc2sccn2c1=O)N1CCCC[C@@H]1Cn1cccn1. The lowest BCUT2D eigenvalue weighted by Gasteiger charge is -2.35. The number of fused-ring (bicyclic) bond motifs is 1. The molecule has 124 valence electrons. The van der Waals surface area contributed by atoms with Crippen LogP contribution in [-0.4, -0.2) is 42.6 Å². The van der Waals surface area contributed by atoms with Crippen molar-refractivity contribution >= 4 is 22.2 Å². The summed E-state index contributed by atoms with van der Waals surface area (Å²) in [7, 11) is 0. The first-order valence-electron chi connectivity index (χ1n) is 7.97. The minimum absolute atomic E-state index is 0.0497. The Balaban J connectivity index is 1.65. The van der Waals surface area contributed by atoms with Gasteiger partial charge in [-0.25, -0.2) is 4.98 Å². The summed E-state index contributed by atoms with van der Waals surface area (Å²) >= 11 is 1.38. The van der Waals surface area contributed by atoms with Crippen LogP contribution in [0.15, 0.2) is 41.0 Å². The van der Waals surface area contributed by atoms with Gasteiger partial charge < -0.3 is 4.90 Å². The van der Waals surface area contributed by atoms with Gasteiger partial charge in [0.25, 0.3) is 11.5 Å². The lowest BCUT2D eigenvalue weighted by atomic mass is 10.0. The van der Waals surface area contributed by atoms with E-state index in [9.17, 15) is 9.59 Å². The third kappa shape index (κ3) is 2.62. The number of nitrogens with zero attached hydrogens (tertiary/aromatic N) is 5. The van der Waals surface area contributed by atoms with Crippen LogP contribution in [0, 0.1) is 0 Å². The van der Waals surface area contributed by atoms with Crippen LogP contribution in [0.2, 0.25) is 0 Å². The van der Waals surface area contributed by atoms with Crippen LogP contribution in [0.3, 0.4) is 0 Å². The van der Waals surface area contributed by atoms with E-state index in [2.05, 4.69) is 10.1 Å². The molecule has 3 aromatic rings. The zero-order chi connectivity index (χ0) is 16.5. The summed E-state index contributed by atoms with van der Waals surface area (Å²) in [6, 6.07) is 1.92. The molecule has 4 heterocycles. The molecule has 4 rings (SSSR count). The first-order valence-corrected chi connectivity index (χ1v) is 8.85. The molecule has 1 amide bonds. The summed E-state index contributed by atoms with van der Waals surface area (Å²) in [6.45, 7) is 1.31. The average Bonchev–Trinajstić information content (AvgIpc) is 3.27. The van der Waals surface area contributed by atoms with Crippen molar-refractivity contribution in [2.45, 2.75) is 31.8 Å². The number of rotatable bonds is 3. The van der Waals surface area contributed by atoms with Crippen LogP contribution in [0.25, 0.3) is 4.96 Å². The highest BCUT2D eigenvalue weighted by atomic mass is 32.1. The molecule has 1 aliphatic heterocycles. The van der Waals surface area contributed by atoms with E-state index in [1.807, 2.05) is 21.8 Å². The largest absolute Gasteiger partial charge is 0.334 e. The van der Waals surface area contributed by atoms with Crippen molar-refractivity contribution in [1.29, 1.82) is 0 Å². The summed E-state index contributed by atoms with van der Waals surface area (Å²) in [5, 5.41) is 6.02. The standard InChI is InChI=1S/C16H17N5O2S/c22-14(13-10-17-16-21(15(13)23)8-9-24-16)20-7-2-1-4-12(20)11-19-6-3-5-18-19/h3,5-6,8-10,12H,1-2,4,7,11H2/t12-/m1/s1. The molecule has 7 nitrogen and oxygen atoms in total. The van der Waals surface area contributed by atoms with E-state index in [1.165, 1.54) is 21.9 Å². The van der Waals surface area contributed by atoms with E-state index in [1.54, 1.807) is 17.8 Å². The third-order valence-electron chi connectivity index (χ3n) is 4.42. The second kappa shape index (κ2) is 6.20. The number of thiazole rings is 1. The molecule has 1 aliphatic rings. The van der Waals surface area contributed by atoms with E-state index in [4.69, 9.17) is 0 Å². The van der Waals surface area contributed by atoms with Gasteiger partial charge in [0.2, 0.25) is 0 Å². The van der Waals surface area contributed by atoms with Crippen molar-refractivity contribution < 1.29 is 4.79 Å². The maximum Gasteiger partial charge on any atom is 0.271 e. The van der Waals surface area contributed by atoms with Gasteiger partial charge >= 0.3 is 0 Å². The quantitative estimate of drug-likeness (QED) is 0.725. The summed E-state index contributed by atoms with van der Waals surface area (Å²) < 4.78 is 3.27. The van der Waals surface area contributed by atoms with Crippen LogP contribution in [0.5, 0.6) is 0 Å². The smallest absolute Gasteiger partial charge is 0.271 e. The zero-order valence-corrected chi connectivity index (χ0v) is 13.9. The van der Waals surface area contributed by atoms with E-state index < -0.39 is 0 Å². The molecule has 0 spiro atoms. The van der Waals surface area contributed by atoms with Crippen molar-refractivity contribution in [2.75, 3.05) is 6.54 Å². The Morgan fingerprint density at radius 2 is 2.25 bits per heavy atom. The molecule has 0 aliphatic carbocycles. The lowest BCUT2D eigenvalue weighted by Crippen LogP contribution is -2.47. The molecule has 1 atom stereocenters. The van der Waals surface area contributed by atoms with Gasteiger partial charge in [-0.3, -0.25) is 18.7 Å². The number of aromatic nitrogens is 4. The van der Waals surface area contributed by atoms with Crippen molar-refractivity contribution in [1.82, 2.24) is 24.1 Å². The number of amides is 1. The summed E-state index contributed by atoms with van der Waals surface area (Å²) in [5.74, 6) is -0.232. The number of piperidine rings is 1. The van der Waals surface area contributed by atoms with E-state index in [-0.39, 0.29) is 23.1 Å². The van der Waals surface area contributed by atoms with Gasteiger partial charge in [0.1, 0.15) is 5.56 Å². The second-order valence-corrected chi connectivity index (χ2v) is 6.78. The Hall–Kier alpha value is -2.48. The Morgan fingerprint density at radius 1 is 1.33 bits per heavy atom. The lowest BCUT2D eigenvalue weighted by molar-refractivity contribution is 0.0581. The second-order valence-electron chi connectivity index (χ2n) is 5.91. The summed E-state index contributed by atoms with van der Waals surface area (Å²) in [6.07, 6.45) is 9.65. The maximum absolute atomic E-state index is 13.0. The Labute approximate surface area is 142 Å². The topological polar surface area (TPSA) is 72.5 Å². The van der Waals surface area contributed by atoms with Crippen molar-refractivity contribution in [3.63, 3.8) is 0 Å². The molecule has 0 radical (unpaired) electrons. The third-order valence-corrected chi connectivity index (χ3v) is 5.19. The summed E-state index contributed by atoms with van der Waals surface area (Å²) in [5.41, 5.74) is -0.159. The predicted octanol–water partition coefficient (Wildman–Crippen LogP) is 1.65. The minimum atomic E-state index is -0.297. The van der Waals surface area contributed by atoms with Crippen molar-refractivity contribution in [3.8, 4) is 0 Å². The fourth-order valence-electron chi connectivity index (χ4n) is 3.21. The highest BCUT2D eigenvalue weighted by molar-refractivity contribution is 7.15. The monoisotopic (exact) mass is 343 g/mol. The van der Waals surface area contributed by atoms with Gasteiger partial charge in [-0.15, -0.1) is 11.3 Å². The normalized spacial score (nSPS) is 18.2. The Kier molecular flexibility index (Phi) is 3.89. The van der Waals surface area contributed by atoms with Gasteiger partial charge in [-0.1, -0.05) is 0 Å². The fraction of sp³-hybridized carbons (Fsp3) is 0.375. The van der Waals surface area contributed by atoms with Gasteiger partial charge in [0, 0.05) is 36.7 Å². The zero-order valence-electron chi connectivity index (χ0n) is 13.0. The van der Waals surface area contributed by atoms with Crippen LogP contribution in [-0.2, 0) is 6.54 Å². The van der Waals surface area contributed by atoms with Crippen molar-refractivity contribution in [2.24, 2.45) is 0 Å². The molecule has 0 unspecified atom stereocenters. The van der Waals surface area contributed by atoms with Gasteiger partial charge in [0.15, 0.2) is 4.96 Å². The van der Waals surface area contributed by atoms with Crippen LogP contribution < -0.4 is 5.56 Å². The molecule has 1 fully saturated rings. The van der Waals surface area contributed by atoms with Crippen LogP contribution in [0.1, 0.15) is 29.6 Å². The number of carbonyl (C=O) groups excluding carboxylic acids is 1. The minimum Gasteiger partial charge on any atom is -0.334 e. The van der Waals surface area contributed by atoms with E-state index in [0.29, 0.717) is 18.1 Å². The maximum atomic E-state index is 13.0. The first-order chi connectivity index (χ1) is 11.7. The van der Waals surface area contributed by atoms with Crippen molar-refractivity contribution in [3.05, 3.63) is 52.2 Å². The van der Waals surface area contributed by atoms with Gasteiger partial charge in [-0.05, 0) is 25.3 Å². The molecule has 3 aromatic heterocycles. The predicted molar refractivity (Wildman–Crippen MR) is 90.2 cm³/mol. The van der Waals surface area contributed by atoms with Gasteiger partial charge in [0.05, 0.1) is 12.6 Å². The molecule has 0 N–H and O–H groups in total. The van der Waals surface area contributed by atoms with Gasteiger partial charge in [-0.2, -0.15) is 5.10 Å². The van der Waals surface area contributed by atoms with Crippen LogP contribution in [0.4, 0.5) is 0 Å². The first kappa shape index (κ1) is 15.1. The van der Waals surface area contributed by atoms with E-state index in [0.717, 1.165) is 19.3 Å². The summed E-state index contributed by atoms with van der Waals surface area (Å²) in [4.78, 5) is 32.2. The number of carbonyl (C=O) groups is 1. The average molecular weight is 343 g/mol. The van der Waals surface area contributed by atoms with E-state index >= 15 is 0 Å². The number of hydrogen-bond acceptors (Lipinski definition) is 5. The molecule has 1 saturated heterocycles. The molecule has 0 bridgehead atoms. The van der Waals surface area contributed by atoms with Crippen LogP contribution >= 0.6 is 11.3 Å². The highest BCUT2D eigenvalue weighted by Gasteiger charge is 2.29. The molecular weight excluding hydrogens is 326 g/mol. The molecule has 0 aromatic carbocycles.